The third-order valence-corrected chi connectivity index (χ3v) is 5.47. The van der Waals surface area contributed by atoms with Crippen molar-refractivity contribution in [1.29, 1.82) is 0 Å². The van der Waals surface area contributed by atoms with E-state index in [0.29, 0.717) is 0 Å². The van der Waals surface area contributed by atoms with E-state index in [4.69, 9.17) is 13.3 Å². The van der Waals surface area contributed by atoms with Gasteiger partial charge >= 0.3 is 8.80 Å². The van der Waals surface area contributed by atoms with Crippen LogP contribution in [0.1, 0.15) is 25.7 Å². The van der Waals surface area contributed by atoms with E-state index < -0.39 is 8.80 Å². The molecule has 0 saturated heterocycles. The van der Waals surface area contributed by atoms with Crippen molar-refractivity contribution in [3.05, 3.63) is 0 Å². The molecule has 0 aliphatic heterocycles. The normalized spacial score (nSPS) is 12.0. The van der Waals surface area contributed by atoms with Gasteiger partial charge in [-0.1, -0.05) is 12.8 Å². The first-order chi connectivity index (χ1) is 6.74. The molecule has 0 aromatic heterocycles. The molecule has 0 aromatic carbocycles. The maximum atomic E-state index is 5.32. The SMILES string of the molecule is CO[Si](CCCCCCS)(OC)OC. The molecular formula is C9H22O3SSi. The van der Waals surface area contributed by atoms with Crippen molar-refractivity contribution in [3.63, 3.8) is 0 Å². The van der Waals surface area contributed by atoms with Crippen molar-refractivity contribution in [2.75, 3.05) is 27.1 Å². The smallest absolute Gasteiger partial charge is 0.377 e. The predicted molar refractivity (Wildman–Crippen MR) is 63.9 cm³/mol. The van der Waals surface area contributed by atoms with Gasteiger partial charge in [0.2, 0.25) is 0 Å². The molecule has 0 saturated carbocycles. The van der Waals surface area contributed by atoms with Crippen LogP contribution in [0.4, 0.5) is 0 Å². The van der Waals surface area contributed by atoms with Gasteiger partial charge in [0.05, 0.1) is 0 Å². The summed E-state index contributed by atoms with van der Waals surface area (Å²) in [5.41, 5.74) is 0. The van der Waals surface area contributed by atoms with E-state index in [1.165, 1.54) is 19.3 Å². The zero-order chi connectivity index (χ0) is 10.9. The molecule has 14 heavy (non-hydrogen) atoms. The quantitative estimate of drug-likeness (QED) is 0.380. The summed E-state index contributed by atoms with van der Waals surface area (Å²) in [5.74, 6) is 0.974. The number of hydrogen-bond donors (Lipinski definition) is 1. The fraction of sp³-hybridized carbons (Fsp3) is 1.00. The van der Waals surface area contributed by atoms with Crippen LogP contribution in [0.15, 0.2) is 0 Å². The standard InChI is InChI=1S/C9H22O3SSi/c1-10-14(11-2,12-3)9-7-5-4-6-8-13/h13H,4-9H2,1-3H3. The Bertz CT molecular complexity index is 123. The lowest BCUT2D eigenvalue weighted by atomic mass is 10.2. The molecule has 0 spiro atoms. The fourth-order valence-electron chi connectivity index (χ4n) is 1.36. The van der Waals surface area contributed by atoms with E-state index >= 15 is 0 Å². The predicted octanol–water partition coefficient (Wildman–Crippen LogP) is 2.35. The number of rotatable bonds is 9. The molecule has 0 heterocycles. The van der Waals surface area contributed by atoms with E-state index in [2.05, 4.69) is 12.6 Å². The average Bonchev–Trinajstić information content (AvgIpc) is 2.24. The van der Waals surface area contributed by atoms with Crippen molar-refractivity contribution < 1.29 is 13.3 Å². The molecule has 0 rings (SSSR count). The fourth-order valence-corrected chi connectivity index (χ4v) is 3.38. The van der Waals surface area contributed by atoms with Gasteiger partial charge in [-0.3, -0.25) is 0 Å². The maximum absolute atomic E-state index is 5.32. The summed E-state index contributed by atoms with van der Waals surface area (Å²) < 4.78 is 16.0. The summed E-state index contributed by atoms with van der Waals surface area (Å²) in [7, 11) is 2.68. The van der Waals surface area contributed by atoms with Gasteiger partial charge in [0.25, 0.3) is 0 Å². The van der Waals surface area contributed by atoms with Crippen molar-refractivity contribution in [3.8, 4) is 0 Å². The highest BCUT2D eigenvalue weighted by atomic mass is 32.1. The molecule has 0 aliphatic carbocycles. The van der Waals surface area contributed by atoms with Gasteiger partial charge in [0.15, 0.2) is 0 Å². The Morgan fingerprint density at radius 1 is 0.857 bits per heavy atom. The Labute approximate surface area is 93.9 Å². The highest BCUT2D eigenvalue weighted by Crippen LogP contribution is 2.17. The number of hydrogen-bond acceptors (Lipinski definition) is 4. The van der Waals surface area contributed by atoms with E-state index in [1.54, 1.807) is 21.3 Å². The van der Waals surface area contributed by atoms with Crippen LogP contribution in [-0.2, 0) is 13.3 Å². The summed E-state index contributed by atoms with van der Waals surface area (Å²) in [5, 5.41) is 0. The molecule has 86 valence electrons. The topological polar surface area (TPSA) is 27.7 Å². The second-order valence-corrected chi connectivity index (χ2v) is 6.72. The van der Waals surface area contributed by atoms with Crippen LogP contribution in [0, 0.1) is 0 Å². The zero-order valence-corrected chi connectivity index (χ0v) is 11.3. The summed E-state index contributed by atoms with van der Waals surface area (Å²) >= 11 is 4.17. The molecule has 3 nitrogen and oxygen atoms in total. The summed E-state index contributed by atoms with van der Waals surface area (Å²) in [6, 6.07) is 0.906. The summed E-state index contributed by atoms with van der Waals surface area (Å²) in [6.07, 6.45) is 4.72. The van der Waals surface area contributed by atoms with E-state index in [0.717, 1.165) is 18.2 Å². The van der Waals surface area contributed by atoms with Crippen LogP contribution in [0.2, 0.25) is 6.04 Å². The average molecular weight is 238 g/mol. The van der Waals surface area contributed by atoms with Gasteiger partial charge in [-0.25, -0.2) is 0 Å². The minimum absolute atomic E-state index is 0.906. The Morgan fingerprint density at radius 3 is 1.79 bits per heavy atom. The molecule has 0 unspecified atom stereocenters. The van der Waals surface area contributed by atoms with Gasteiger partial charge in [-0.2, -0.15) is 12.6 Å². The van der Waals surface area contributed by atoms with Gasteiger partial charge in [-0.15, -0.1) is 0 Å². The van der Waals surface area contributed by atoms with Crippen LogP contribution in [-0.4, -0.2) is 35.9 Å². The van der Waals surface area contributed by atoms with Crippen molar-refractivity contribution in [1.82, 2.24) is 0 Å². The molecule has 0 atom stereocenters. The maximum Gasteiger partial charge on any atom is 0.500 e. The lowest BCUT2D eigenvalue weighted by molar-refractivity contribution is 0.122. The van der Waals surface area contributed by atoms with Gasteiger partial charge in [0.1, 0.15) is 0 Å². The zero-order valence-electron chi connectivity index (χ0n) is 9.41. The minimum atomic E-state index is -2.30. The highest BCUT2D eigenvalue weighted by Gasteiger charge is 2.36. The van der Waals surface area contributed by atoms with E-state index in [9.17, 15) is 0 Å². The molecule has 0 aliphatic rings. The molecular weight excluding hydrogens is 216 g/mol. The van der Waals surface area contributed by atoms with E-state index in [-0.39, 0.29) is 0 Å². The molecule has 0 bridgehead atoms. The Morgan fingerprint density at radius 2 is 1.36 bits per heavy atom. The first kappa shape index (κ1) is 14.4. The first-order valence-electron chi connectivity index (χ1n) is 5.01. The minimum Gasteiger partial charge on any atom is -0.377 e. The van der Waals surface area contributed by atoms with Crippen LogP contribution < -0.4 is 0 Å². The molecule has 5 heteroatoms. The van der Waals surface area contributed by atoms with Crippen molar-refractivity contribution in [2.24, 2.45) is 0 Å². The highest BCUT2D eigenvalue weighted by molar-refractivity contribution is 7.80. The molecule has 0 amide bonds. The van der Waals surface area contributed by atoms with Gasteiger partial charge in [-0.05, 0) is 18.6 Å². The van der Waals surface area contributed by atoms with E-state index in [1.807, 2.05) is 0 Å². The lowest BCUT2D eigenvalue weighted by Crippen LogP contribution is -2.42. The van der Waals surface area contributed by atoms with Crippen molar-refractivity contribution in [2.45, 2.75) is 31.7 Å². The Kier molecular flexibility index (Phi) is 9.01. The third-order valence-electron chi connectivity index (χ3n) is 2.32. The van der Waals surface area contributed by atoms with Crippen LogP contribution in [0.3, 0.4) is 0 Å². The first-order valence-corrected chi connectivity index (χ1v) is 7.57. The number of unbranched alkanes of at least 4 members (excludes halogenated alkanes) is 3. The third kappa shape index (κ3) is 5.36. The number of thiol groups is 1. The largest absolute Gasteiger partial charge is 0.500 e. The van der Waals surface area contributed by atoms with Crippen LogP contribution in [0.5, 0.6) is 0 Å². The van der Waals surface area contributed by atoms with Crippen molar-refractivity contribution >= 4 is 21.4 Å². The Balaban J connectivity index is 3.61. The molecule has 0 radical (unpaired) electrons. The summed E-state index contributed by atoms with van der Waals surface area (Å²) in [4.78, 5) is 0. The molecule has 0 N–H and O–H groups in total. The van der Waals surface area contributed by atoms with Gasteiger partial charge in [0, 0.05) is 27.4 Å². The summed E-state index contributed by atoms with van der Waals surface area (Å²) in [6.45, 7) is 0. The van der Waals surface area contributed by atoms with Crippen LogP contribution in [0.25, 0.3) is 0 Å². The monoisotopic (exact) mass is 238 g/mol. The molecule has 0 fully saturated rings. The molecule has 0 aromatic rings. The second kappa shape index (κ2) is 8.73. The second-order valence-electron chi connectivity index (χ2n) is 3.18. The van der Waals surface area contributed by atoms with Crippen LogP contribution >= 0.6 is 12.6 Å². The van der Waals surface area contributed by atoms with Gasteiger partial charge < -0.3 is 13.3 Å². The lowest BCUT2D eigenvalue weighted by Gasteiger charge is -2.24. The Hall–Kier alpha value is 0.447.